The fourth-order valence-electron chi connectivity index (χ4n) is 2.48. The van der Waals surface area contributed by atoms with E-state index < -0.39 is 35.3 Å². The molecule has 0 unspecified atom stereocenters. The molecule has 0 aromatic carbocycles. The number of H-pyrrole nitrogens is 1. The van der Waals surface area contributed by atoms with Crippen LogP contribution in [0.1, 0.15) is 18.9 Å². The van der Waals surface area contributed by atoms with Crippen molar-refractivity contribution in [3.63, 3.8) is 0 Å². The number of nitrogens with zero attached hydrogens (tertiary/aromatic N) is 1. The van der Waals surface area contributed by atoms with Crippen LogP contribution >= 0.6 is 0 Å². The lowest BCUT2D eigenvalue weighted by atomic mass is 10.1. The molecule has 2 heterocycles. The summed E-state index contributed by atoms with van der Waals surface area (Å²) in [7, 11) is 0. The van der Waals surface area contributed by atoms with Gasteiger partial charge in [-0.3, -0.25) is 14.3 Å². The average molecular weight is 299 g/mol. The Morgan fingerprint density at radius 1 is 1.67 bits per heavy atom. The normalized spacial score (nSPS) is 28.5. The molecule has 0 spiro atoms. The Balaban J connectivity index is 2.40. The van der Waals surface area contributed by atoms with Gasteiger partial charge in [0.05, 0.1) is 0 Å². The SMILES string of the molecule is Cc1cn([C@@]2(C)C[C@H](OC(=O)O)[C@@H](CN)O2)c(=O)[nH]c1=O. The zero-order valence-corrected chi connectivity index (χ0v) is 11.7. The molecule has 0 amide bonds. The molecule has 21 heavy (non-hydrogen) atoms. The monoisotopic (exact) mass is 299 g/mol. The molecule has 2 rings (SSSR count). The van der Waals surface area contributed by atoms with Crippen LogP contribution in [0.25, 0.3) is 0 Å². The second kappa shape index (κ2) is 5.34. The minimum Gasteiger partial charge on any atom is -0.450 e. The molecule has 3 atom stereocenters. The number of hydrogen-bond donors (Lipinski definition) is 3. The van der Waals surface area contributed by atoms with Crippen LogP contribution in [-0.2, 0) is 15.2 Å². The van der Waals surface area contributed by atoms with Crippen LogP contribution in [-0.4, -0.2) is 39.6 Å². The summed E-state index contributed by atoms with van der Waals surface area (Å²) in [6.07, 6.45) is -1.39. The first kappa shape index (κ1) is 15.3. The van der Waals surface area contributed by atoms with Gasteiger partial charge < -0.3 is 20.3 Å². The number of nitrogens with two attached hydrogens (primary N) is 1. The van der Waals surface area contributed by atoms with Crippen LogP contribution in [0.15, 0.2) is 15.8 Å². The van der Waals surface area contributed by atoms with Crippen LogP contribution < -0.4 is 17.0 Å². The molecule has 1 fully saturated rings. The summed E-state index contributed by atoms with van der Waals surface area (Å²) in [5.41, 5.74) is 3.63. The van der Waals surface area contributed by atoms with Crippen molar-refractivity contribution >= 4 is 6.16 Å². The number of carboxylic acid groups (broad SMARTS) is 1. The number of aryl methyl sites for hydroxylation is 1. The topological polar surface area (TPSA) is 137 Å². The second-order valence-corrected chi connectivity index (χ2v) is 5.13. The van der Waals surface area contributed by atoms with Crippen LogP contribution in [0.4, 0.5) is 4.79 Å². The van der Waals surface area contributed by atoms with E-state index in [9.17, 15) is 14.4 Å². The van der Waals surface area contributed by atoms with Crippen molar-refractivity contribution in [3.05, 3.63) is 32.6 Å². The third-order valence-electron chi connectivity index (χ3n) is 3.51. The van der Waals surface area contributed by atoms with Crippen LogP contribution in [0.2, 0.25) is 0 Å². The molecule has 1 aliphatic rings. The van der Waals surface area contributed by atoms with Gasteiger partial charge in [0.15, 0.2) is 0 Å². The standard InChI is InChI=1S/C12H17N3O6/c1-6-5-15(10(17)14-9(6)16)12(2)3-7(20-11(18)19)8(4-13)21-12/h5,7-8H,3-4,13H2,1-2H3,(H,18,19)(H,14,16,17)/t7-,8+,12+/m0/s1. The van der Waals surface area contributed by atoms with E-state index >= 15 is 0 Å². The zero-order valence-electron chi connectivity index (χ0n) is 11.7. The lowest BCUT2D eigenvalue weighted by molar-refractivity contribution is -0.0910. The fraction of sp³-hybridized carbons (Fsp3) is 0.583. The molecule has 1 aromatic heterocycles. The van der Waals surface area contributed by atoms with Gasteiger partial charge in [-0.15, -0.1) is 0 Å². The molecular formula is C12H17N3O6. The van der Waals surface area contributed by atoms with Gasteiger partial charge in [-0.2, -0.15) is 0 Å². The first-order chi connectivity index (χ1) is 9.76. The van der Waals surface area contributed by atoms with E-state index in [1.165, 1.54) is 10.8 Å². The van der Waals surface area contributed by atoms with E-state index in [-0.39, 0.29) is 13.0 Å². The van der Waals surface area contributed by atoms with Gasteiger partial charge in [-0.1, -0.05) is 0 Å². The molecular weight excluding hydrogens is 282 g/mol. The van der Waals surface area contributed by atoms with Gasteiger partial charge in [0.1, 0.15) is 17.9 Å². The van der Waals surface area contributed by atoms with Crippen molar-refractivity contribution in [1.82, 2.24) is 9.55 Å². The highest BCUT2D eigenvalue weighted by molar-refractivity contribution is 5.57. The Morgan fingerprint density at radius 2 is 2.33 bits per heavy atom. The Bertz CT molecular complexity index is 666. The molecule has 1 saturated heterocycles. The van der Waals surface area contributed by atoms with Crippen molar-refractivity contribution in [3.8, 4) is 0 Å². The lowest BCUT2D eigenvalue weighted by Gasteiger charge is -2.26. The molecule has 0 aliphatic carbocycles. The van der Waals surface area contributed by atoms with Gasteiger partial charge in [-0.25, -0.2) is 9.59 Å². The average Bonchev–Trinajstić information content (AvgIpc) is 2.70. The number of aromatic nitrogens is 2. The number of hydrogen-bond acceptors (Lipinski definition) is 6. The molecule has 116 valence electrons. The van der Waals surface area contributed by atoms with Gasteiger partial charge in [-0.05, 0) is 13.8 Å². The quantitative estimate of drug-likeness (QED) is 0.629. The van der Waals surface area contributed by atoms with Crippen molar-refractivity contribution in [2.45, 2.75) is 38.2 Å². The largest absolute Gasteiger partial charge is 0.506 e. The minimum absolute atomic E-state index is 0.0463. The highest BCUT2D eigenvalue weighted by Gasteiger charge is 2.46. The molecule has 9 nitrogen and oxygen atoms in total. The summed E-state index contributed by atoms with van der Waals surface area (Å²) in [4.78, 5) is 36.2. The van der Waals surface area contributed by atoms with Crippen LogP contribution in [0.5, 0.6) is 0 Å². The van der Waals surface area contributed by atoms with Gasteiger partial charge in [0.25, 0.3) is 5.56 Å². The van der Waals surface area contributed by atoms with Gasteiger partial charge in [0, 0.05) is 24.7 Å². The molecule has 9 heteroatoms. The molecule has 0 radical (unpaired) electrons. The van der Waals surface area contributed by atoms with E-state index in [2.05, 4.69) is 4.98 Å². The Hall–Kier alpha value is -2.13. The Labute approximate surface area is 119 Å². The van der Waals surface area contributed by atoms with E-state index in [1.807, 2.05) is 0 Å². The number of nitrogens with one attached hydrogen (secondary N) is 1. The smallest absolute Gasteiger partial charge is 0.450 e. The van der Waals surface area contributed by atoms with Gasteiger partial charge in [0.2, 0.25) is 0 Å². The zero-order chi connectivity index (χ0) is 15.8. The summed E-state index contributed by atoms with van der Waals surface area (Å²) in [5, 5.41) is 8.73. The Kier molecular flexibility index (Phi) is 3.88. The molecule has 4 N–H and O–H groups in total. The summed E-state index contributed by atoms with van der Waals surface area (Å²) >= 11 is 0. The van der Waals surface area contributed by atoms with Crippen molar-refractivity contribution in [2.75, 3.05) is 6.54 Å². The third-order valence-corrected chi connectivity index (χ3v) is 3.51. The van der Waals surface area contributed by atoms with E-state index in [1.54, 1.807) is 13.8 Å². The molecule has 0 bridgehead atoms. The van der Waals surface area contributed by atoms with Crippen LogP contribution in [0, 0.1) is 6.92 Å². The number of ether oxygens (including phenoxy) is 2. The maximum absolute atomic E-state index is 11.9. The van der Waals surface area contributed by atoms with Crippen LogP contribution in [0.3, 0.4) is 0 Å². The van der Waals surface area contributed by atoms with Gasteiger partial charge >= 0.3 is 11.8 Å². The number of rotatable bonds is 3. The third kappa shape index (κ3) is 2.83. The maximum Gasteiger partial charge on any atom is 0.506 e. The molecule has 0 saturated carbocycles. The minimum atomic E-state index is -1.43. The predicted molar refractivity (Wildman–Crippen MR) is 71.1 cm³/mol. The lowest BCUT2D eigenvalue weighted by Crippen LogP contribution is -2.43. The van der Waals surface area contributed by atoms with E-state index in [0.29, 0.717) is 5.56 Å². The van der Waals surface area contributed by atoms with Crippen molar-refractivity contribution in [1.29, 1.82) is 0 Å². The summed E-state index contributed by atoms with van der Waals surface area (Å²) in [5.74, 6) is 0. The highest BCUT2D eigenvalue weighted by atomic mass is 16.7. The molecule has 1 aromatic rings. The number of aromatic amines is 1. The van der Waals surface area contributed by atoms with Crippen molar-refractivity contribution < 1.29 is 19.4 Å². The van der Waals surface area contributed by atoms with E-state index in [4.69, 9.17) is 20.3 Å². The second-order valence-electron chi connectivity index (χ2n) is 5.13. The fourth-order valence-corrected chi connectivity index (χ4v) is 2.48. The van der Waals surface area contributed by atoms with Crippen molar-refractivity contribution in [2.24, 2.45) is 5.73 Å². The summed E-state index contributed by atoms with van der Waals surface area (Å²) in [6.45, 7) is 3.21. The first-order valence-corrected chi connectivity index (χ1v) is 6.37. The first-order valence-electron chi connectivity index (χ1n) is 6.37. The highest BCUT2D eigenvalue weighted by Crippen LogP contribution is 2.35. The number of carbonyl (C=O) groups is 1. The maximum atomic E-state index is 11.9. The molecule has 1 aliphatic heterocycles. The summed E-state index contributed by atoms with van der Waals surface area (Å²) in [6, 6.07) is 0. The van der Waals surface area contributed by atoms with E-state index in [0.717, 1.165) is 0 Å². The predicted octanol–water partition coefficient (Wildman–Crippen LogP) is -0.671. The Morgan fingerprint density at radius 3 is 2.90 bits per heavy atom. The summed E-state index contributed by atoms with van der Waals surface area (Å²) < 4.78 is 11.7.